The summed E-state index contributed by atoms with van der Waals surface area (Å²) in [6.07, 6.45) is 1.94. The number of rotatable bonds is 6. The minimum absolute atomic E-state index is 0.262. The molecule has 2 rings (SSSR count). The number of aryl methyl sites for hydroxylation is 2. The average Bonchev–Trinajstić information content (AvgIpc) is 2.53. The molecule has 0 atom stereocenters. The summed E-state index contributed by atoms with van der Waals surface area (Å²) >= 11 is 12.4. The lowest BCUT2D eigenvalue weighted by atomic mass is 10.1. The van der Waals surface area contributed by atoms with Crippen LogP contribution in [0.25, 0.3) is 0 Å². The van der Waals surface area contributed by atoms with Gasteiger partial charge in [-0.2, -0.15) is 0 Å². The number of hydrogen-bond donors (Lipinski definition) is 1. The third kappa shape index (κ3) is 4.65. The zero-order valence-corrected chi connectivity index (χ0v) is 15.6. The Kier molecular flexibility index (Phi) is 6.52. The molecule has 128 valence electrons. The van der Waals surface area contributed by atoms with E-state index in [1.807, 2.05) is 32.0 Å². The van der Waals surface area contributed by atoms with E-state index in [9.17, 15) is 4.79 Å². The molecule has 0 fully saturated rings. The predicted molar refractivity (Wildman–Crippen MR) is 101 cm³/mol. The molecule has 0 aliphatic rings. The first-order valence-electron chi connectivity index (χ1n) is 7.92. The first kappa shape index (κ1) is 18.6. The van der Waals surface area contributed by atoms with E-state index in [1.165, 1.54) is 5.56 Å². The van der Waals surface area contributed by atoms with Crippen LogP contribution in [0.15, 0.2) is 30.3 Å². The Balaban J connectivity index is 2.16. The van der Waals surface area contributed by atoms with Crippen molar-refractivity contribution in [3.8, 4) is 5.75 Å². The molecule has 0 saturated carbocycles. The summed E-state index contributed by atoms with van der Waals surface area (Å²) in [6.45, 7) is 6.65. The molecule has 0 radical (unpaired) electrons. The number of carbonyl (C=O) groups is 1. The second kappa shape index (κ2) is 8.41. The second-order valence-corrected chi connectivity index (χ2v) is 6.54. The fourth-order valence-corrected chi connectivity index (χ4v) is 2.77. The number of ether oxygens (including phenoxy) is 1. The van der Waals surface area contributed by atoms with Crippen molar-refractivity contribution in [3.63, 3.8) is 0 Å². The zero-order valence-electron chi connectivity index (χ0n) is 14.1. The predicted octanol–water partition coefficient (Wildman–Crippen LogP) is 6.04. The lowest BCUT2D eigenvalue weighted by Gasteiger charge is -2.12. The van der Waals surface area contributed by atoms with Gasteiger partial charge >= 0.3 is 0 Å². The summed E-state index contributed by atoms with van der Waals surface area (Å²) in [5, 5.41) is 3.53. The van der Waals surface area contributed by atoms with E-state index in [-0.39, 0.29) is 5.91 Å². The molecule has 0 aromatic heterocycles. The van der Waals surface area contributed by atoms with Gasteiger partial charge in [-0.1, -0.05) is 42.6 Å². The summed E-state index contributed by atoms with van der Waals surface area (Å²) in [5.74, 6) is 0.164. The lowest BCUT2D eigenvalue weighted by molar-refractivity contribution is 0.102. The van der Waals surface area contributed by atoms with E-state index >= 15 is 0 Å². The summed E-state index contributed by atoms with van der Waals surface area (Å²) in [6, 6.07) is 8.91. The van der Waals surface area contributed by atoms with Gasteiger partial charge in [-0.05, 0) is 55.7 Å². The van der Waals surface area contributed by atoms with Crippen molar-refractivity contribution in [1.82, 2.24) is 0 Å². The van der Waals surface area contributed by atoms with Crippen LogP contribution in [0.3, 0.4) is 0 Å². The van der Waals surface area contributed by atoms with Crippen molar-refractivity contribution in [3.05, 3.63) is 57.1 Å². The molecule has 2 aromatic carbocycles. The molecular weight excluding hydrogens is 345 g/mol. The minimum Gasteiger partial charge on any atom is -0.490 e. The van der Waals surface area contributed by atoms with Crippen LogP contribution in [0.5, 0.6) is 5.75 Å². The lowest BCUT2D eigenvalue weighted by Crippen LogP contribution is -2.12. The monoisotopic (exact) mass is 365 g/mol. The van der Waals surface area contributed by atoms with Gasteiger partial charge in [0.25, 0.3) is 5.91 Å². The van der Waals surface area contributed by atoms with Gasteiger partial charge in [0.1, 0.15) is 0 Å². The maximum absolute atomic E-state index is 12.4. The molecule has 0 bridgehead atoms. The number of hydrogen-bond acceptors (Lipinski definition) is 2. The van der Waals surface area contributed by atoms with Crippen molar-refractivity contribution in [2.45, 2.75) is 33.6 Å². The largest absolute Gasteiger partial charge is 0.490 e. The highest BCUT2D eigenvalue weighted by molar-refractivity contribution is 6.37. The molecule has 0 aliphatic heterocycles. The SMILES string of the molecule is CCCCOc1c(Cl)cc(C(=O)Nc2ccc(C)c(C)c2)cc1Cl. The van der Waals surface area contributed by atoms with Gasteiger partial charge in [-0.15, -0.1) is 0 Å². The molecule has 5 heteroatoms. The highest BCUT2D eigenvalue weighted by atomic mass is 35.5. The van der Waals surface area contributed by atoms with Gasteiger partial charge in [-0.3, -0.25) is 4.79 Å². The van der Waals surface area contributed by atoms with Gasteiger partial charge in [0.15, 0.2) is 5.75 Å². The van der Waals surface area contributed by atoms with Crippen molar-refractivity contribution in [1.29, 1.82) is 0 Å². The summed E-state index contributed by atoms with van der Waals surface area (Å²) in [4.78, 5) is 12.4. The first-order valence-corrected chi connectivity index (χ1v) is 8.68. The molecule has 0 aliphatic carbocycles. The van der Waals surface area contributed by atoms with Crippen LogP contribution in [0.4, 0.5) is 5.69 Å². The smallest absolute Gasteiger partial charge is 0.255 e. The number of halogens is 2. The minimum atomic E-state index is -0.262. The Morgan fingerprint density at radius 2 is 1.75 bits per heavy atom. The summed E-state index contributed by atoms with van der Waals surface area (Å²) in [7, 11) is 0. The molecule has 1 amide bonds. The first-order chi connectivity index (χ1) is 11.4. The second-order valence-electron chi connectivity index (χ2n) is 5.72. The quantitative estimate of drug-likeness (QED) is 0.633. The third-order valence-corrected chi connectivity index (χ3v) is 4.33. The topological polar surface area (TPSA) is 38.3 Å². The van der Waals surface area contributed by atoms with Crippen LogP contribution in [0, 0.1) is 13.8 Å². The number of benzene rings is 2. The van der Waals surface area contributed by atoms with Crippen LogP contribution in [-0.2, 0) is 0 Å². The molecule has 0 unspecified atom stereocenters. The molecule has 3 nitrogen and oxygen atoms in total. The molecule has 2 aromatic rings. The van der Waals surface area contributed by atoms with E-state index in [2.05, 4.69) is 12.2 Å². The number of amides is 1. The maximum Gasteiger partial charge on any atom is 0.255 e. The highest BCUT2D eigenvalue weighted by Gasteiger charge is 2.14. The Bertz CT molecular complexity index is 721. The summed E-state index contributed by atoms with van der Waals surface area (Å²) < 4.78 is 5.59. The van der Waals surface area contributed by atoms with Gasteiger partial charge in [0.2, 0.25) is 0 Å². The Labute approximate surface area is 152 Å². The number of nitrogens with one attached hydrogen (secondary N) is 1. The maximum atomic E-state index is 12.4. The van der Waals surface area contributed by atoms with Crippen molar-refractivity contribution >= 4 is 34.8 Å². The van der Waals surface area contributed by atoms with E-state index in [0.717, 1.165) is 24.1 Å². The van der Waals surface area contributed by atoms with Gasteiger partial charge in [0, 0.05) is 11.3 Å². The van der Waals surface area contributed by atoms with Crippen LogP contribution in [0.2, 0.25) is 10.0 Å². The highest BCUT2D eigenvalue weighted by Crippen LogP contribution is 2.34. The third-order valence-electron chi connectivity index (χ3n) is 3.77. The van der Waals surface area contributed by atoms with Crippen LogP contribution in [0.1, 0.15) is 41.3 Å². The van der Waals surface area contributed by atoms with Gasteiger partial charge in [0.05, 0.1) is 16.7 Å². The van der Waals surface area contributed by atoms with E-state index in [1.54, 1.807) is 12.1 Å². The number of anilines is 1. The van der Waals surface area contributed by atoms with Gasteiger partial charge < -0.3 is 10.1 Å². The van der Waals surface area contributed by atoms with Crippen molar-refractivity contribution in [2.75, 3.05) is 11.9 Å². The van der Waals surface area contributed by atoms with Crippen LogP contribution >= 0.6 is 23.2 Å². The Morgan fingerprint density at radius 3 is 2.33 bits per heavy atom. The molecule has 0 saturated heterocycles. The normalized spacial score (nSPS) is 10.5. The standard InChI is InChI=1S/C19H21Cl2NO2/c1-4-5-8-24-18-16(20)10-14(11-17(18)21)19(23)22-15-7-6-12(2)13(3)9-15/h6-7,9-11H,4-5,8H2,1-3H3,(H,22,23). The van der Waals surface area contributed by atoms with Gasteiger partial charge in [-0.25, -0.2) is 0 Å². The fraction of sp³-hybridized carbons (Fsp3) is 0.316. The molecule has 0 spiro atoms. The van der Waals surface area contributed by atoms with Crippen LogP contribution in [-0.4, -0.2) is 12.5 Å². The van der Waals surface area contributed by atoms with Crippen molar-refractivity contribution in [2.24, 2.45) is 0 Å². The fourth-order valence-electron chi connectivity index (χ4n) is 2.17. The number of unbranched alkanes of at least 4 members (excludes halogenated alkanes) is 1. The molecular formula is C19H21Cl2NO2. The Hall–Kier alpha value is -1.71. The molecule has 24 heavy (non-hydrogen) atoms. The molecule has 0 heterocycles. The Morgan fingerprint density at radius 1 is 1.08 bits per heavy atom. The molecule has 1 N–H and O–H groups in total. The number of carbonyl (C=O) groups excluding carboxylic acids is 1. The van der Waals surface area contributed by atoms with E-state index < -0.39 is 0 Å². The van der Waals surface area contributed by atoms with E-state index in [4.69, 9.17) is 27.9 Å². The summed E-state index contributed by atoms with van der Waals surface area (Å²) in [5.41, 5.74) is 3.42. The van der Waals surface area contributed by atoms with Crippen molar-refractivity contribution < 1.29 is 9.53 Å². The van der Waals surface area contributed by atoms with E-state index in [0.29, 0.717) is 28.0 Å². The average molecular weight is 366 g/mol. The zero-order chi connectivity index (χ0) is 17.7. The van der Waals surface area contributed by atoms with Crippen LogP contribution < -0.4 is 10.1 Å².